The Hall–Kier alpha value is -2.19. The normalized spacial score (nSPS) is 28.5. The van der Waals surface area contributed by atoms with Gasteiger partial charge in [-0.2, -0.15) is 20.2 Å². The number of carbonyl (C=O) groups is 4. The van der Waals surface area contributed by atoms with Crippen LogP contribution in [0.5, 0.6) is 0 Å². The van der Waals surface area contributed by atoms with E-state index < -0.39 is 39.6 Å². The molecule has 28 heavy (non-hydrogen) atoms. The molecule has 3 aliphatic heterocycles. The number of rotatable bonds is 6. The summed E-state index contributed by atoms with van der Waals surface area (Å²) in [5.41, 5.74) is -0.238. The van der Waals surface area contributed by atoms with Crippen molar-refractivity contribution in [3.63, 3.8) is 0 Å². The average Bonchev–Trinajstić information content (AvgIpc) is 3.22. The molecule has 3 saturated heterocycles. The van der Waals surface area contributed by atoms with E-state index in [0.717, 1.165) is 12.2 Å². The summed E-state index contributed by atoms with van der Waals surface area (Å²) >= 11 is 1.80. The van der Waals surface area contributed by atoms with E-state index >= 15 is 0 Å². The van der Waals surface area contributed by atoms with E-state index in [1.807, 2.05) is 0 Å². The Balaban J connectivity index is 0.000000221. The van der Waals surface area contributed by atoms with Gasteiger partial charge in [-0.25, -0.2) is 9.59 Å². The summed E-state index contributed by atoms with van der Waals surface area (Å²) in [5, 5.41) is 22.0. The third-order valence-corrected chi connectivity index (χ3v) is 7.01. The first-order valence-corrected chi connectivity index (χ1v) is 10.8. The molecule has 3 fully saturated rings. The van der Waals surface area contributed by atoms with E-state index in [1.54, 1.807) is 17.1 Å². The van der Waals surface area contributed by atoms with Crippen molar-refractivity contribution in [2.24, 2.45) is 0 Å². The van der Waals surface area contributed by atoms with Crippen LogP contribution in [0.1, 0.15) is 25.7 Å². The molecule has 3 aliphatic rings. The van der Waals surface area contributed by atoms with Crippen LogP contribution in [0.4, 0.5) is 4.79 Å². The number of nitrogens with one attached hydrogen (secondary N) is 4. The summed E-state index contributed by atoms with van der Waals surface area (Å²) in [6.45, 7) is 0. The van der Waals surface area contributed by atoms with Gasteiger partial charge >= 0.3 is 12.0 Å². The Morgan fingerprint density at radius 1 is 1.25 bits per heavy atom. The van der Waals surface area contributed by atoms with Crippen molar-refractivity contribution in [2.45, 2.75) is 48.3 Å². The lowest BCUT2D eigenvalue weighted by molar-refractivity contribution is -0.129. The summed E-state index contributed by atoms with van der Waals surface area (Å²) < 4.78 is 29.0. The standard InChI is InChI=1S/C10H15N3O3S.C4H5NO5S/c11-5(9(14)15)2-1-3-7-8-6(4-17-7)12-10(16)13-8;6-3-1-2(4(7)5-3)11(8,9)10/h6-8,11H,1-4H2,(H,14,15)(H2,12,13,16);2H,1H2,(H,5,6,7)(H,8,9,10)/t6-,7-,8-;/m0./s1. The number of thioether (sulfide) groups is 1. The van der Waals surface area contributed by atoms with Crippen molar-refractivity contribution in [2.75, 3.05) is 5.75 Å². The van der Waals surface area contributed by atoms with Gasteiger partial charge in [-0.1, -0.05) is 0 Å². The van der Waals surface area contributed by atoms with E-state index in [-0.39, 0.29) is 23.8 Å². The van der Waals surface area contributed by atoms with Crippen LogP contribution in [0.15, 0.2) is 0 Å². The summed E-state index contributed by atoms with van der Waals surface area (Å²) in [6.07, 6.45) is 1.33. The molecular formula is C14H20N4O8S2. The number of amides is 4. The molecule has 0 radical (unpaired) electrons. The van der Waals surface area contributed by atoms with Crippen molar-refractivity contribution in [1.82, 2.24) is 16.0 Å². The second kappa shape index (κ2) is 8.87. The maximum Gasteiger partial charge on any atom is 0.349 e. The highest BCUT2D eigenvalue weighted by molar-refractivity contribution is 8.00. The minimum atomic E-state index is -4.42. The van der Waals surface area contributed by atoms with Gasteiger partial charge in [0.2, 0.25) is 11.8 Å². The summed E-state index contributed by atoms with van der Waals surface area (Å²) in [5.74, 6) is -1.88. The first kappa shape index (κ1) is 22.1. The predicted octanol–water partition coefficient (Wildman–Crippen LogP) is -1.28. The fourth-order valence-corrected chi connectivity index (χ4v) is 5.24. The molecule has 0 saturated carbocycles. The monoisotopic (exact) mass is 436 g/mol. The molecule has 0 bridgehead atoms. The smallest absolute Gasteiger partial charge is 0.349 e. The molecule has 4 atom stereocenters. The molecule has 0 aromatic heterocycles. The van der Waals surface area contributed by atoms with Gasteiger partial charge in [-0.15, -0.1) is 0 Å². The largest absolute Gasteiger partial charge is 0.477 e. The van der Waals surface area contributed by atoms with Crippen LogP contribution < -0.4 is 16.0 Å². The van der Waals surface area contributed by atoms with Gasteiger partial charge < -0.3 is 15.7 Å². The molecule has 0 aromatic carbocycles. The van der Waals surface area contributed by atoms with Gasteiger partial charge in [0, 0.05) is 11.0 Å². The van der Waals surface area contributed by atoms with E-state index in [4.69, 9.17) is 15.1 Å². The highest BCUT2D eigenvalue weighted by Gasteiger charge is 2.42. The van der Waals surface area contributed by atoms with Crippen LogP contribution >= 0.6 is 11.8 Å². The molecule has 0 aliphatic carbocycles. The lowest BCUT2D eigenvalue weighted by Crippen LogP contribution is -2.36. The number of aliphatic carboxylic acids is 1. The number of imide groups is 1. The van der Waals surface area contributed by atoms with Gasteiger partial charge in [-0.3, -0.25) is 24.9 Å². The second-order valence-corrected chi connectivity index (χ2v) is 9.29. The van der Waals surface area contributed by atoms with Crippen molar-refractivity contribution in [1.29, 1.82) is 5.41 Å². The lowest BCUT2D eigenvalue weighted by Gasteiger charge is -2.16. The van der Waals surface area contributed by atoms with Crippen LogP contribution in [0.2, 0.25) is 0 Å². The molecule has 12 nitrogen and oxygen atoms in total. The fourth-order valence-electron chi connectivity index (χ4n) is 3.00. The van der Waals surface area contributed by atoms with Crippen molar-refractivity contribution < 1.29 is 37.3 Å². The number of hydrogen-bond acceptors (Lipinski definition) is 8. The topological polar surface area (TPSA) is 203 Å². The second-order valence-electron chi connectivity index (χ2n) is 6.42. The molecular weight excluding hydrogens is 416 g/mol. The van der Waals surface area contributed by atoms with Crippen molar-refractivity contribution in [3.05, 3.63) is 0 Å². The Morgan fingerprint density at radius 3 is 2.43 bits per heavy atom. The van der Waals surface area contributed by atoms with Crippen LogP contribution in [0, 0.1) is 5.41 Å². The minimum absolute atomic E-state index is 0.108. The molecule has 6 N–H and O–H groups in total. The Labute approximate surface area is 164 Å². The summed E-state index contributed by atoms with van der Waals surface area (Å²) in [4.78, 5) is 42.5. The zero-order valence-corrected chi connectivity index (χ0v) is 16.1. The van der Waals surface area contributed by atoms with Crippen LogP contribution in [0.3, 0.4) is 0 Å². The first-order chi connectivity index (χ1) is 13.0. The SMILES string of the molecule is N=C(CCC[C@@H]1SC[C@@H]2NC(=O)N[C@@H]21)C(=O)O.O=C1CC(S(=O)(=O)O)C(=O)N1. The Kier molecular flexibility index (Phi) is 7.01. The number of urea groups is 1. The third-order valence-electron chi connectivity index (χ3n) is 4.40. The number of carboxylic acid groups (broad SMARTS) is 1. The van der Waals surface area contributed by atoms with Gasteiger partial charge in [0.05, 0.1) is 18.5 Å². The van der Waals surface area contributed by atoms with E-state index in [0.29, 0.717) is 18.1 Å². The molecule has 4 amide bonds. The van der Waals surface area contributed by atoms with Gasteiger partial charge in [0.1, 0.15) is 5.71 Å². The average molecular weight is 436 g/mol. The third kappa shape index (κ3) is 5.65. The molecule has 1 unspecified atom stereocenters. The zero-order valence-electron chi connectivity index (χ0n) is 14.5. The number of fused-ring (bicyclic) bond motifs is 1. The molecule has 0 spiro atoms. The number of carbonyl (C=O) groups excluding carboxylic acids is 3. The van der Waals surface area contributed by atoms with E-state index in [2.05, 4.69) is 10.6 Å². The first-order valence-electron chi connectivity index (χ1n) is 8.28. The predicted molar refractivity (Wildman–Crippen MR) is 97.8 cm³/mol. The Bertz CT molecular complexity index is 799. The van der Waals surface area contributed by atoms with E-state index in [9.17, 15) is 27.6 Å². The van der Waals surface area contributed by atoms with Gasteiger partial charge in [0.25, 0.3) is 10.1 Å². The molecule has 3 rings (SSSR count). The Morgan fingerprint density at radius 2 is 1.93 bits per heavy atom. The molecule has 14 heteroatoms. The van der Waals surface area contributed by atoms with Crippen molar-refractivity contribution >= 4 is 51.4 Å². The molecule has 156 valence electrons. The highest BCUT2D eigenvalue weighted by Crippen LogP contribution is 2.33. The van der Waals surface area contributed by atoms with Gasteiger partial charge in [0.15, 0.2) is 5.25 Å². The fraction of sp³-hybridized carbons (Fsp3) is 0.643. The number of hydrogen-bond donors (Lipinski definition) is 6. The van der Waals surface area contributed by atoms with Gasteiger partial charge in [-0.05, 0) is 19.3 Å². The maximum absolute atomic E-state index is 11.1. The molecule has 3 heterocycles. The van der Waals surface area contributed by atoms with Crippen LogP contribution in [-0.2, 0) is 24.5 Å². The number of carboxylic acids is 1. The molecule has 0 aromatic rings. The van der Waals surface area contributed by atoms with E-state index in [1.165, 1.54) is 0 Å². The summed E-state index contributed by atoms with van der Waals surface area (Å²) in [7, 11) is -4.42. The van der Waals surface area contributed by atoms with Crippen LogP contribution in [-0.4, -0.2) is 75.9 Å². The maximum atomic E-state index is 11.1. The lowest BCUT2D eigenvalue weighted by atomic mass is 10.0. The minimum Gasteiger partial charge on any atom is -0.477 e. The zero-order chi connectivity index (χ0) is 21.1. The highest BCUT2D eigenvalue weighted by atomic mass is 32.2. The van der Waals surface area contributed by atoms with Crippen molar-refractivity contribution in [3.8, 4) is 0 Å². The van der Waals surface area contributed by atoms with Crippen LogP contribution in [0.25, 0.3) is 0 Å². The quantitative estimate of drug-likeness (QED) is 0.127. The summed E-state index contributed by atoms with van der Waals surface area (Å²) in [6, 6.07) is 0.256.